The van der Waals surface area contributed by atoms with E-state index in [1.807, 2.05) is 7.05 Å². The van der Waals surface area contributed by atoms with E-state index in [1.54, 1.807) is 11.3 Å². The summed E-state index contributed by atoms with van der Waals surface area (Å²) >= 11 is 1.77. The average Bonchev–Trinajstić information content (AvgIpc) is 2.66. The zero-order valence-corrected chi connectivity index (χ0v) is 10.5. The van der Waals surface area contributed by atoms with Gasteiger partial charge in [-0.25, -0.2) is 4.98 Å². The molecule has 0 saturated heterocycles. The predicted octanol–water partition coefficient (Wildman–Crippen LogP) is 3.11. The second-order valence-electron chi connectivity index (χ2n) is 4.26. The lowest BCUT2D eigenvalue weighted by Gasteiger charge is -2.21. The van der Waals surface area contributed by atoms with E-state index in [9.17, 15) is 0 Å². The molecule has 3 heteroatoms. The molecule has 0 amide bonds. The number of nitrogens with zero attached hydrogens (tertiary/aromatic N) is 1. The molecule has 1 unspecified atom stereocenters. The highest BCUT2D eigenvalue weighted by molar-refractivity contribution is 7.09. The Bertz CT molecular complexity index is 291. The lowest BCUT2D eigenvalue weighted by atomic mass is 10.0. The van der Waals surface area contributed by atoms with Crippen LogP contribution in [0.5, 0.6) is 0 Å². The van der Waals surface area contributed by atoms with Gasteiger partial charge in [0.25, 0.3) is 0 Å². The van der Waals surface area contributed by atoms with Crippen LogP contribution in [0.25, 0.3) is 0 Å². The monoisotopic (exact) mass is 212 g/mol. The SMILES string of the molecule is CCC(C)c1nc(C(C)(C)NC)cs1. The summed E-state index contributed by atoms with van der Waals surface area (Å²) in [6.45, 7) is 8.74. The molecular weight excluding hydrogens is 192 g/mol. The number of hydrogen-bond donors (Lipinski definition) is 1. The highest BCUT2D eigenvalue weighted by Crippen LogP contribution is 2.27. The first-order chi connectivity index (χ1) is 6.51. The van der Waals surface area contributed by atoms with Crippen molar-refractivity contribution in [3.8, 4) is 0 Å². The van der Waals surface area contributed by atoms with Gasteiger partial charge in [-0.2, -0.15) is 0 Å². The quantitative estimate of drug-likeness (QED) is 0.829. The summed E-state index contributed by atoms with van der Waals surface area (Å²) in [5.41, 5.74) is 1.14. The van der Waals surface area contributed by atoms with Crippen molar-refractivity contribution >= 4 is 11.3 Å². The smallest absolute Gasteiger partial charge is 0.0957 e. The van der Waals surface area contributed by atoms with Crippen LogP contribution in [-0.2, 0) is 5.54 Å². The van der Waals surface area contributed by atoms with Crippen molar-refractivity contribution < 1.29 is 0 Å². The Morgan fingerprint density at radius 3 is 2.71 bits per heavy atom. The van der Waals surface area contributed by atoms with Gasteiger partial charge in [-0.1, -0.05) is 13.8 Å². The third-order valence-corrected chi connectivity index (χ3v) is 3.90. The van der Waals surface area contributed by atoms with E-state index >= 15 is 0 Å². The Morgan fingerprint density at radius 1 is 1.57 bits per heavy atom. The molecular formula is C11H20N2S. The molecule has 1 atom stereocenters. The van der Waals surface area contributed by atoms with Gasteiger partial charge in [-0.05, 0) is 27.3 Å². The molecule has 0 fully saturated rings. The third-order valence-electron chi connectivity index (χ3n) is 2.82. The molecule has 0 aliphatic rings. The van der Waals surface area contributed by atoms with Gasteiger partial charge in [0.1, 0.15) is 0 Å². The van der Waals surface area contributed by atoms with Crippen LogP contribution in [0.2, 0.25) is 0 Å². The van der Waals surface area contributed by atoms with Crippen LogP contribution < -0.4 is 5.32 Å². The molecule has 1 rings (SSSR count). The Morgan fingerprint density at radius 2 is 2.21 bits per heavy atom. The Hall–Kier alpha value is -0.410. The van der Waals surface area contributed by atoms with E-state index < -0.39 is 0 Å². The minimum atomic E-state index is -0.0117. The first-order valence-corrected chi connectivity index (χ1v) is 6.04. The summed E-state index contributed by atoms with van der Waals surface area (Å²) in [5, 5.41) is 6.69. The molecule has 80 valence electrons. The van der Waals surface area contributed by atoms with E-state index in [0.29, 0.717) is 5.92 Å². The average molecular weight is 212 g/mol. The molecule has 0 aliphatic carbocycles. The zero-order valence-electron chi connectivity index (χ0n) is 9.72. The summed E-state index contributed by atoms with van der Waals surface area (Å²) in [4.78, 5) is 4.68. The van der Waals surface area contributed by atoms with Crippen molar-refractivity contribution in [2.45, 2.75) is 45.6 Å². The molecule has 1 N–H and O–H groups in total. The maximum atomic E-state index is 4.68. The van der Waals surface area contributed by atoms with Crippen molar-refractivity contribution in [1.29, 1.82) is 0 Å². The lowest BCUT2D eigenvalue weighted by Crippen LogP contribution is -2.33. The Kier molecular flexibility index (Phi) is 3.67. The second kappa shape index (κ2) is 4.41. The molecule has 1 heterocycles. The van der Waals surface area contributed by atoms with Gasteiger partial charge >= 0.3 is 0 Å². The molecule has 2 nitrogen and oxygen atoms in total. The molecule has 0 saturated carbocycles. The summed E-state index contributed by atoms with van der Waals surface area (Å²) in [6.07, 6.45) is 1.16. The minimum Gasteiger partial charge on any atom is -0.310 e. The summed E-state index contributed by atoms with van der Waals surface area (Å²) in [6, 6.07) is 0. The zero-order chi connectivity index (χ0) is 10.8. The van der Waals surface area contributed by atoms with Gasteiger partial charge in [0.05, 0.1) is 16.2 Å². The molecule has 0 spiro atoms. The standard InChI is InChI=1S/C11H20N2S/c1-6-8(2)10-13-9(7-14-10)11(3,4)12-5/h7-8,12H,6H2,1-5H3. The van der Waals surface area contributed by atoms with Crippen LogP contribution in [0.4, 0.5) is 0 Å². The van der Waals surface area contributed by atoms with Gasteiger partial charge < -0.3 is 5.32 Å². The summed E-state index contributed by atoms with van der Waals surface area (Å²) in [7, 11) is 1.97. The number of nitrogens with one attached hydrogen (secondary N) is 1. The number of rotatable bonds is 4. The first kappa shape index (κ1) is 11.7. The van der Waals surface area contributed by atoms with Crippen molar-refractivity contribution in [3.63, 3.8) is 0 Å². The minimum absolute atomic E-state index is 0.0117. The van der Waals surface area contributed by atoms with Crippen LogP contribution in [0, 0.1) is 0 Å². The van der Waals surface area contributed by atoms with Gasteiger partial charge in [0.2, 0.25) is 0 Å². The normalized spacial score (nSPS) is 14.4. The maximum Gasteiger partial charge on any atom is 0.0957 e. The molecule has 0 radical (unpaired) electrons. The van der Waals surface area contributed by atoms with Crippen LogP contribution in [-0.4, -0.2) is 12.0 Å². The fraction of sp³-hybridized carbons (Fsp3) is 0.727. The molecule has 0 aromatic carbocycles. The maximum absolute atomic E-state index is 4.68. The lowest BCUT2D eigenvalue weighted by molar-refractivity contribution is 0.432. The number of thiazole rings is 1. The van der Waals surface area contributed by atoms with Crippen molar-refractivity contribution in [1.82, 2.24) is 10.3 Å². The fourth-order valence-corrected chi connectivity index (χ4v) is 2.23. The highest BCUT2D eigenvalue weighted by atomic mass is 32.1. The highest BCUT2D eigenvalue weighted by Gasteiger charge is 2.21. The van der Waals surface area contributed by atoms with Gasteiger partial charge in [-0.15, -0.1) is 11.3 Å². The second-order valence-corrected chi connectivity index (χ2v) is 5.14. The van der Waals surface area contributed by atoms with E-state index in [4.69, 9.17) is 0 Å². The van der Waals surface area contributed by atoms with E-state index in [0.717, 1.165) is 12.1 Å². The molecule has 0 bridgehead atoms. The van der Waals surface area contributed by atoms with Crippen molar-refractivity contribution in [2.24, 2.45) is 0 Å². The van der Waals surface area contributed by atoms with E-state index in [-0.39, 0.29) is 5.54 Å². The Balaban J connectivity index is 2.88. The number of aromatic nitrogens is 1. The molecule has 1 aromatic rings. The van der Waals surface area contributed by atoms with Crippen LogP contribution in [0.3, 0.4) is 0 Å². The Labute approximate surface area is 90.8 Å². The van der Waals surface area contributed by atoms with Crippen LogP contribution in [0.15, 0.2) is 5.38 Å². The molecule has 1 aromatic heterocycles. The van der Waals surface area contributed by atoms with E-state index in [2.05, 4.69) is 43.4 Å². The van der Waals surface area contributed by atoms with Crippen molar-refractivity contribution in [2.75, 3.05) is 7.05 Å². The molecule has 14 heavy (non-hydrogen) atoms. The number of hydrogen-bond acceptors (Lipinski definition) is 3. The largest absolute Gasteiger partial charge is 0.310 e. The summed E-state index contributed by atoms with van der Waals surface area (Å²) < 4.78 is 0. The summed E-state index contributed by atoms with van der Waals surface area (Å²) in [5.74, 6) is 0.585. The van der Waals surface area contributed by atoms with Crippen LogP contribution in [0.1, 0.15) is 50.7 Å². The fourth-order valence-electron chi connectivity index (χ4n) is 1.10. The van der Waals surface area contributed by atoms with Gasteiger partial charge in [0, 0.05) is 11.3 Å². The topological polar surface area (TPSA) is 24.9 Å². The van der Waals surface area contributed by atoms with Crippen molar-refractivity contribution in [3.05, 3.63) is 16.1 Å². The third kappa shape index (κ3) is 2.34. The first-order valence-electron chi connectivity index (χ1n) is 5.16. The molecule has 0 aliphatic heterocycles. The predicted molar refractivity (Wildman–Crippen MR) is 62.9 cm³/mol. The van der Waals surface area contributed by atoms with Gasteiger partial charge in [0.15, 0.2) is 0 Å². The van der Waals surface area contributed by atoms with Gasteiger partial charge in [-0.3, -0.25) is 0 Å². The van der Waals surface area contributed by atoms with E-state index in [1.165, 1.54) is 5.01 Å². The van der Waals surface area contributed by atoms with Crippen LogP contribution >= 0.6 is 11.3 Å².